The zero-order valence-electron chi connectivity index (χ0n) is 12.9. The number of carbonyl (C=O) groups excluding carboxylic acids is 1. The van der Waals surface area contributed by atoms with Crippen molar-refractivity contribution in [2.75, 3.05) is 18.2 Å². The predicted octanol–water partition coefficient (Wildman–Crippen LogP) is 2.61. The number of hydrogen-bond donors (Lipinski definition) is 2. The van der Waals surface area contributed by atoms with Crippen LogP contribution in [-0.4, -0.2) is 38.9 Å². The number of carbonyl (C=O) groups is 1. The second-order valence-electron chi connectivity index (χ2n) is 4.77. The molecule has 0 saturated heterocycles. The number of aromatic nitrogens is 4. The highest BCUT2D eigenvalue weighted by molar-refractivity contribution is 7.99. The molecule has 1 aromatic carbocycles. The highest BCUT2D eigenvalue weighted by Crippen LogP contribution is 2.19. The van der Waals surface area contributed by atoms with Crippen LogP contribution in [0.2, 0.25) is 0 Å². The van der Waals surface area contributed by atoms with Crippen LogP contribution in [0.1, 0.15) is 0 Å². The number of methoxy groups -OCH3 is 1. The summed E-state index contributed by atoms with van der Waals surface area (Å²) in [6.07, 6.45) is 3.37. The van der Waals surface area contributed by atoms with Gasteiger partial charge in [-0.1, -0.05) is 11.8 Å². The molecule has 2 N–H and O–H groups in total. The summed E-state index contributed by atoms with van der Waals surface area (Å²) in [6, 6.07) is 10.8. The molecule has 0 bridgehead atoms. The fraction of sp³-hybridized carbons (Fsp3) is 0.125. The van der Waals surface area contributed by atoms with Crippen LogP contribution in [0.15, 0.2) is 53.9 Å². The van der Waals surface area contributed by atoms with Gasteiger partial charge in [0, 0.05) is 23.6 Å². The van der Waals surface area contributed by atoms with Crippen molar-refractivity contribution < 1.29 is 9.53 Å². The summed E-state index contributed by atoms with van der Waals surface area (Å²) < 4.78 is 5.08. The van der Waals surface area contributed by atoms with Gasteiger partial charge in [-0.25, -0.2) is 4.98 Å². The Morgan fingerprint density at radius 1 is 1.21 bits per heavy atom. The van der Waals surface area contributed by atoms with Crippen LogP contribution in [0.5, 0.6) is 5.75 Å². The first-order valence-corrected chi connectivity index (χ1v) is 8.12. The molecule has 3 aromatic rings. The van der Waals surface area contributed by atoms with Gasteiger partial charge in [0.15, 0.2) is 5.82 Å². The maximum absolute atomic E-state index is 12.0. The predicted molar refractivity (Wildman–Crippen MR) is 92.0 cm³/mol. The van der Waals surface area contributed by atoms with Crippen LogP contribution in [0, 0.1) is 0 Å². The van der Waals surface area contributed by atoms with E-state index in [0.717, 1.165) is 11.3 Å². The standard InChI is InChI=1S/C16H15N5O2S/c1-23-13-4-2-12(3-5-13)18-14(22)10-24-16-19-15(20-21-16)11-6-8-17-9-7-11/h2-9H,10H2,1H3,(H,18,22)(H,19,20,21). The molecule has 24 heavy (non-hydrogen) atoms. The van der Waals surface area contributed by atoms with Crippen molar-refractivity contribution in [1.82, 2.24) is 20.2 Å². The van der Waals surface area contributed by atoms with E-state index < -0.39 is 0 Å². The molecule has 2 aromatic heterocycles. The van der Waals surface area contributed by atoms with Crippen molar-refractivity contribution in [2.45, 2.75) is 5.16 Å². The van der Waals surface area contributed by atoms with E-state index in [4.69, 9.17) is 4.74 Å². The Morgan fingerprint density at radius 3 is 2.67 bits per heavy atom. The van der Waals surface area contributed by atoms with Crippen LogP contribution in [0.4, 0.5) is 5.69 Å². The molecule has 0 aliphatic carbocycles. The van der Waals surface area contributed by atoms with Gasteiger partial charge in [0.1, 0.15) is 5.75 Å². The Hall–Kier alpha value is -2.87. The van der Waals surface area contributed by atoms with Crippen LogP contribution in [-0.2, 0) is 4.79 Å². The van der Waals surface area contributed by atoms with Gasteiger partial charge in [-0.15, -0.1) is 5.10 Å². The van der Waals surface area contributed by atoms with Crippen LogP contribution < -0.4 is 10.1 Å². The molecule has 0 atom stereocenters. The van der Waals surface area contributed by atoms with E-state index in [1.54, 1.807) is 43.8 Å². The Balaban J connectivity index is 1.53. The van der Waals surface area contributed by atoms with E-state index in [9.17, 15) is 4.79 Å². The van der Waals surface area contributed by atoms with Crippen LogP contribution >= 0.6 is 11.8 Å². The van der Waals surface area contributed by atoms with Crippen LogP contribution in [0.3, 0.4) is 0 Å². The number of anilines is 1. The number of rotatable bonds is 6. The van der Waals surface area contributed by atoms with Gasteiger partial charge in [-0.2, -0.15) is 0 Å². The van der Waals surface area contributed by atoms with Crippen molar-refractivity contribution in [2.24, 2.45) is 0 Å². The first kappa shape index (κ1) is 16.0. The Labute approximate surface area is 142 Å². The molecule has 122 valence electrons. The number of pyridine rings is 1. The van der Waals surface area contributed by atoms with Crippen molar-refractivity contribution in [1.29, 1.82) is 0 Å². The lowest BCUT2D eigenvalue weighted by Gasteiger charge is -2.05. The highest BCUT2D eigenvalue weighted by atomic mass is 32.2. The molecule has 0 fully saturated rings. The number of nitrogens with one attached hydrogen (secondary N) is 2. The Morgan fingerprint density at radius 2 is 1.96 bits per heavy atom. The molecule has 7 nitrogen and oxygen atoms in total. The van der Waals surface area contributed by atoms with Crippen molar-refractivity contribution in [3.63, 3.8) is 0 Å². The molecule has 0 aliphatic heterocycles. The van der Waals surface area contributed by atoms with Gasteiger partial charge in [-0.05, 0) is 36.4 Å². The van der Waals surface area contributed by atoms with Crippen molar-refractivity contribution >= 4 is 23.4 Å². The topological polar surface area (TPSA) is 92.8 Å². The molecule has 0 aliphatic rings. The molecule has 0 radical (unpaired) electrons. The third-order valence-corrected chi connectivity index (χ3v) is 3.97. The third-order valence-electron chi connectivity index (χ3n) is 3.12. The van der Waals surface area contributed by atoms with E-state index in [0.29, 0.717) is 16.7 Å². The summed E-state index contributed by atoms with van der Waals surface area (Å²) in [4.78, 5) is 20.3. The normalized spacial score (nSPS) is 10.4. The molecular formula is C16H15N5O2S. The largest absolute Gasteiger partial charge is 0.497 e. The number of nitrogens with zero attached hydrogens (tertiary/aromatic N) is 3. The van der Waals surface area contributed by atoms with Gasteiger partial charge in [0.05, 0.1) is 12.9 Å². The monoisotopic (exact) mass is 341 g/mol. The Kier molecular flexibility index (Phi) is 5.07. The van der Waals surface area contributed by atoms with E-state index in [1.807, 2.05) is 12.1 Å². The van der Waals surface area contributed by atoms with Crippen molar-refractivity contribution in [3.05, 3.63) is 48.8 Å². The molecule has 0 unspecified atom stereocenters. The van der Waals surface area contributed by atoms with E-state index in [2.05, 4.69) is 25.5 Å². The first-order chi connectivity index (χ1) is 11.7. The smallest absolute Gasteiger partial charge is 0.234 e. The minimum atomic E-state index is -0.125. The maximum atomic E-state index is 12.0. The first-order valence-electron chi connectivity index (χ1n) is 7.14. The highest BCUT2D eigenvalue weighted by Gasteiger charge is 2.09. The average molecular weight is 341 g/mol. The number of amides is 1. The van der Waals surface area contributed by atoms with E-state index in [-0.39, 0.29) is 11.7 Å². The van der Waals surface area contributed by atoms with Gasteiger partial charge < -0.3 is 10.1 Å². The quantitative estimate of drug-likeness (QED) is 0.670. The van der Waals surface area contributed by atoms with Crippen LogP contribution in [0.25, 0.3) is 11.4 Å². The van der Waals surface area contributed by atoms with Gasteiger partial charge in [-0.3, -0.25) is 14.9 Å². The molecule has 2 heterocycles. The number of benzene rings is 1. The number of thioether (sulfide) groups is 1. The molecular weight excluding hydrogens is 326 g/mol. The zero-order chi connectivity index (χ0) is 16.8. The fourth-order valence-electron chi connectivity index (χ4n) is 1.95. The third kappa shape index (κ3) is 4.11. The summed E-state index contributed by atoms with van der Waals surface area (Å²) in [7, 11) is 1.60. The number of H-pyrrole nitrogens is 1. The fourth-order valence-corrected chi connectivity index (χ4v) is 2.55. The summed E-state index contributed by atoms with van der Waals surface area (Å²) in [5.74, 6) is 1.49. The number of aromatic amines is 1. The minimum Gasteiger partial charge on any atom is -0.497 e. The molecule has 8 heteroatoms. The summed E-state index contributed by atoms with van der Waals surface area (Å²) in [5.41, 5.74) is 1.61. The van der Waals surface area contributed by atoms with Gasteiger partial charge in [0.2, 0.25) is 11.1 Å². The minimum absolute atomic E-state index is 0.125. The second-order valence-corrected chi connectivity index (χ2v) is 5.71. The second kappa shape index (κ2) is 7.60. The zero-order valence-corrected chi connectivity index (χ0v) is 13.7. The van der Waals surface area contributed by atoms with E-state index >= 15 is 0 Å². The molecule has 1 amide bonds. The van der Waals surface area contributed by atoms with Crippen molar-refractivity contribution in [3.8, 4) is 17.1 Å². The van der Waals surface area contributed by atoms with E-state index in [1.165, 1.54) is 11.8 Å². The summed E-state index contributed by atoms with van der Waals surface area (Å²) in [5, 5.41) is 10.3. The maximum Gasteiger partial charge on any atom is 0.234 e. The lowest BCUT2D eigenvalue weighted by atomic mass is 10.3. The van der Waals surface area contributed by atoms with Gasteiger partial charge >= 0.3 is 0 Å². The lowest BCUT2D eigenvalue weighted by molar-refractivity contribution is -0.113. The Bertz CT molecular complexity index is 805. The summed E-state index contributed by atoms with van der Waals surface area (Å²) in [6.45, 7) is 0. The van der Waals surface area contributed by atoms with Gasteiger partial charge in [0.25, 0.3) is 0 Å². The molecule has 0 saturated carbocycles. The molecule has 0 spiro atoms. The summed E-state index contributed by atoms with van der Waals surface area (Å²) >= 11 is 1.27. The number of ether oxygens (including phenoxy) is 1. The number of hydrogen-bond acceptors (Lipinski definition) is 6. The average Bonchev–Trinajstić information content (AvgIpc) is 3.10. The lowest BCUT2D eigenvalue weighted by Crippen LogP contribution is -2.14. The SMILES string of the molecule is COc1ccc(NC(=O)CSc2n[nH]c(-c3ccncc3)n2)cc1. The molecule has 3 rings (SSSR count).